The summed E-state index contributed by atoms with van der Waals surface area (Å²) in [6.07, 6.45) is 2.70. The van der Waals surface area contributed by atoms with Crippen LogP contribution in [0.5, 0.6) is 0 Å². The van der Waals surface area contributed by atoms with Crippen LogP contribution in [0, 0.1) is 0 Å². The van der Waals surface area contributed by atoms with Gasteiger partial charge >= 0.3 is 6.09 Å². The maximum atomic E-state index is 13.7. The van der Waals surface area contributed by atoms with E-state index in [1.54, 1.807) is 43.5 Å². The number of ketones is 1. The second-order valence-electron chi connectivity index (χ2n) is 9.49. The van der Waals surface area contributed by atoms with Crippen LogP contribution < -0.4 is 5.32 Å². The summed E-state index contributed by atoms with van der Waals surface area (Å²) < 4.78 is 5.43. The van der Waals surface area contributed by atoms with Crippen LogP contribution in [0.3, 0.4) is 0 Å². The number of hydrogen-bond acceptors (Lipinski definition) is 5. The van der Waals surface area contributed by atoms with Crippen molar-refractivity contribution in [3.63, 3.8) is 0 Å². The average Bonchev–Trinajstić information content (AvgIpc) is 2.84. The van der Waals surface area contributed by atoms with Crippen LogP contribution in [0.1, 0.15) is 45.6 Å². The molecule has 0 spiro atoms. The standard InChI is InChI=1S/C29H38N2O4S/c1-5-6-15-24(32)18-19-31(20-21-36-25-16-11-8-12-17-25)27(33)26(22-23-13-9-7-10-14-23)30-28(34)35-29(2,3)4/h5,7-14,16-17,26H,1,6,15,18-22H2,2-4H3,(H,30,34)/t26-/m0/s1. The van der Waals surface area contributed by atoms with E-state index < -0.39 is 17.7 Å². The molecular weight excluding hydrogens is 472 g/mol. The van der Waals surface area contributed by atoms with Crippen LogP contribution in [-0.4, -0.2) is 53.2 Å². The first-order valence-electron chi connectivity index (χ1n) is 12.3. The summed E-state index contributed by atoms with van der Waals surface area (Å²) in [5, 5.41) is 2.77. The van der Waals surface area contributed by atoms with Crippen LogP contribution >= 0.6 is 11.8 Å². The number of Topliss-reactive ketones (excluding diaryl/α,β-unsaturated/α-hetero) is 1. The molecule has 1 N–H and O–H groups in total. The minimum absolute atomic E-state index is 0.0862. The summed E-state index contributed by atoms with van der Waals surface area (Å²) >= 11 is 1.65. The molecule has 2 rings (SSSR count). The van der Waals surface area contributed by atoms with Gasteiger partial charge in [-0.25, -0.2) is 4.79 Å². The molecular formula is C29H38N2O4S. The number of alkyl carbamates (subject to hydrolysis) is 1. The van der Waals surface area contributed by atoms with Crippen molar-refractivity contribution in [3.05, 3.63) is 78.9 Å². The zero-order valence-electron chi connectivity index (χ0n) is 21.6. The molecule has 0 aliphatic heterocycles. The van der Waals surface area contributed by atoms with E-state index in [4.69, 9.17) is 4.74 Å². The van der Waals surface area contributed by atoms with Crippen molar-refractivity contribution < 1.29 is 19.1 Å². The molecule has 36 heavy (non-hydrogen) atoms. The van der Waals surface area contributed by atoms with Crippen molar-refractivity contribution in [1.29, 1.82) is 0 Å². The third-order valence-corrected chi connectivity index (χ3v) is 6.24. The molecule has 0 bridgehead atoms. The van der Waals surface area contributed by atoms with Gasteiger partial charge in [-0.15, -0.1) is 18.3 Å². The first kappa shape index (κ1) is 29.2. The molecule has 0 heterocycles. The number of allylic oxidation sites excluding steroid dienone is 1. The Bertz CT molecular complexity index is 974. The lowest BCUT2D eigenvalue weighted by Crippen LogP contribution is -2.51. The third-order valence-electron chi connectivity index (χ3n) is 5.24. The number of nitrogens with zero attached hydrogens (tertiary/aromatic N) is 1. The molecule has 194 valence electrons. The summed E-state index contributed by atoms with van der Waals surface area (Å²) in [6, 6.07) is 18.7. The topological polar surface area (TPSA) is 75.7 Å². The molecule has 2 aromatic rings. The van der Waals surface area contributed by atoms with Gasteiger partial charge in [-0.2, -0.15) is 0 Å². The summed E-state index contributed by atoms with van der Waals surface area (Å²) in [4.78, 5) is 41.5. The van der Waals surface area contributed by atoms with Crippen molar-refractivity contribution in [1.82, 2.24) is 10.2 Å². The molecule has 0 aliphatic carbocycles. The van der Waals surface area contributed by atoms with E-state index in [9.17, 15) is 14.4 Å². The number of ether oxygens (including phenoxy) is 1. The highest BCUT2D eigenvalue weighted by atomic mass is 32.2. The van der Waals surface area contributed by atoms with Gasteiger partial charge in [-0.1, -0.05) is 54.6 Å². The fraction of sp³-hybridized carbons (Fsp3) is 0.414. The van der Waals surface area contributed by atoms with Gasteiger partial charge in [0.1, 0.15) is 17.4 Å². The Morgan fingerprint density at radius 2 is 1.64 bits per heavy atom. The van der Waals surface area contributed by atoms with Gasteiger partial charge in [0.05, 0.1) is 0 Å². The van der Waals surface area contributed by atoms with Crippen molar-refractivity contribution in [2.45, 2.75) is 63.0 Å². The maximum absolute atomic E-state index is 13.7. The van der Waals surface area contributed by atoms with Gasteiger partial charge in [0.15, 0.2) is 0 Å². The molecule has 1 atom stereocenters. The van der Waals surface area contributed by atoms with Crippen LogP contribution in [-0.2, 0) is 20.7 Å². The summed E-state index contributed by atoms with van der Waals surface area (Å²) in [5.41, 5.74) is 0.237. The molecule has 0 fully saturated rings. The lowest BCUT2D eigenvalue weighted by Gasteiger charge is -2.29. The highest BCUT2D eigenvalue weighted by Gasteiger charge is 2.28. The highest BCUT2D eigenvalue weighted by Crippen LogP contribution is 2.18. The van der Waals surface area contributed by atoms with E-state index in [1.165, 1.54) is 0 Å². The van der Waals surface area contributed by atoms with E-state index in [2.05, 4.69) is 11.9 Å². The average molecular weight is 511 g/mol. The zero-order chi connectivity index (χ0) is 26.4. The molecule has 0 unspecified atom stereocenters. The molecule has 0 aliphatic rings. The number of carbonyl (C=O) groups is 3. The molecule has 7 heteroatoms. The van der Waals surface area contributed by atoms with Crippen molar-refractivity contribution in [3.8, 4) is 0 Å². The number of hydrogen-bond donors (Lipinski definition) is 1. The van der Waals surface area contributed by atoms with Gasteiger partial charge in [0.25, 0.3) is 0 Å². The number of carbonyl (C=O) groups excluding carboxylic acids is 3. The van der Waals surface area contributed by atoms with E-state index in [1.807, 2.05) is 60.7 Å². The molecule has 0 saturated heterocycles. The third kappa shape index (κ3) is 11.6. The molecule has 2 aromatic carbocycles. The Labute approximate surface area is 219 Å². The van der Waals surface area contributed by atoms with Crippen LogP contribution in [0.15, 0.2) is 78.2 Å². The fourth-order valence-corrected chi connectivity index (χ4v) is 4.39. The largest absolute Gasteiger partial charge is 0.444 e. The summed E-state index contributed by atoms with van der Waals surface area (Å²) in [7, 11) is 0. The molecule has 2 amide bonds. The summed E-state index contributed by atoms with van der Waals surface area (Å²) in [6.45, 7) is 9.76. The molecule has 6 nitrogen and oxygen atoms in total. The first-order chi connectivity index (χ1) is 17.2. The molecule has 0 saturated carbocycles. The Kier molecular flexibility index (Phi) is 12.3. The molecule has 0 aromatic heterocycles. The Balaban J connectivity index is 2.17. The van der Waals surface area contributed by atoms with E-state index >= 15 is 0 Å². The lowest BCUT2D eigenvalue weighted by molar-refractivity contribution is -0.133. The van der Waals surface area contributed by atoms with Gasteiger partial charge in [-0.05, 0) is 44.9 Å². The predicted octanol–water partition coefficient (Wildman–Crippen LogP) is 5.67. The van der Waals surface area contributed by atoms with Gasteiger partial charge < -0.3 is 15.0 Å². The highest BCUT2D eigenvalue weighted by molar-refractivity contribution is 7.99. The number of rotatable bonds is 14. The minimum atomic E-state index is -0.813. The second kappa shape index (κ2) is 15.1. The van der Waals surface area contributed by atoms with Gasteiger partial charge in [0.2, 0.25) is 5.91 Å². The fourth-order valence-electron chi connectivity index (χ4n) is 3.49. The number of thioether (sulfide) groups is 1. The molecule has 0 radical (unpaired) electrons. The summed E-state index contributed by atoms with van der Waals surface area (Å²) in [5.74, 6) is 0.527. The Morgan fingerprint density at radius 3 is 2.25 bits per heavy atom. The minimum Gasteiger partial charge on any atom is -0.444 e. The van der Waals surface area contributed by atoms with Crippen molar-refractivity contribution >= 4 is 29.5 Å². The van der Waals surface area contributed by atoms with Crippen molar-refractivity contribution in [2.24, 2.45) is 0 Å². The predicted molar refractivity (Wildman–Crippen MR) is 146 cm³/mol. The van der Waals surface area contributed by atoms with Gasteiger partial charge in [-0.3, -0.25) is 9.59 Å². The zero-order valence-corrected chi connectivity index (χ0v) is 22.4. The lowest BCUT2D eigenvalue weighted by atomic mass is 10.0. The van der Waals surface area contributed by atoms with Gasteiger partial charge in [0, 0.05) is 43.0 Å². The van der Waals surface area contributed by atoms with Crippen molar-refractivity contribution in [2.75, 3.05) is 18.8 Å². The number of amides is 2. The van der Waals surface area contributed by atoms with E-state index in [-0.39, 0.29) is 18.1 Å². The Hall–Kier alpha value is -3.06. The van der Waals surface area contributed by atoms with Crippen LogP contribution in [0.4, 0.5) is 4.79 Å². The second-order valence-corrected chi connectivity index (χ2v) is 10.7. The van der Waals surface area contributed by atoms with Crippen LogP contribution in [0.25, 0.3) is 0 Å². The first-order valence-corrected chi connectivity index (χ1v) is 13.3. The number of benzene rings is 2. The smallest absolute Gasteiger partial charge is 0.408 e. The maximum Gasteiger partial charge on any atom is 0.408 e. The normalized spacial score (nSPS) is 11.9. The van der Waals surface area contributed by atoms with Crippen LogP contribution in [0.2, 0.25) is 0 Å². The van der Waals surface area contributed by atoms with E-state index in [0.29, 0.717) is 38.1 Å². The number of nitrogens with one attached hydrogen (secondary N) is 1. The monoisotopic (exact) mass is 510 g/mol. The van der Waals surface area contributed by atoms with E-state index in [0.717, 1.165) is 10.5 Å². The Morgan fingerprint density at radius 1 is 1.00 bits per heavy atom. The quantitative estimate of drug-likeness (QED) is 0.262. The SMILES string of the molecule is C=CCCC(=O)CCN(CCSc1ccccc1)C(=O)[C@H](Cc1ccccc1)NC(=O)OC(C)(C)C.